The number of rotatable bonds is 3. The van der Waals surface area contributed by atoms with Crippen molar-refractivity contribution in [3.63, 3.8) is 0 Å². The minimum absolute atomic E-state index is 0.103. The Hall–Kier alpha value is -1.95. The Balaban J connectivity index is 2.35. The molecule has 0 fully saturated rings. The number of ether oxygens (including phenoxy) is 1. The highest BCUT2D eigenvalue weighted by Crippen LogP contribution is 2.29. The van der Waals surface area contributed by atoms with Gasteiger partial charge in [0.2, 0.25) is 0 Å². The number of nitrogens with two attached hydrogens (primary N) is 1. The molecule has 0 saturated heterocycles. The molecule has 2 N–H and O–H groups in total. The quantitative estimate of drug-likeness (QED) is 0.667. The van der Waals surface area contributed by atoms with E-state index in [2.05, 4.69) is 10.2 Å². The van der Waals surface area contributed by atoms with E-state index in [0.717, 1.165) is 5.01 Å². The lowest BCUT2D eigenvalue weighted by Gasteiger charge is -2.06. The first kappa shape index (κ1) is 11.5. The van der Waals surface area contributed by atoms with E-state index in [1.165, 1.54) is 18.3 Å². The van der Waals surface area contributed by atoms with Crippen LogP contribution in [0.4, 0.5) is 5.69 Å². The summed E-state index contributed by atoms with van der Waals surface area (Å²) in [5, 5.41) is 8.89. The maximum absolute atomic E-state index is 11.4. The summed E-state index contributed by atoms with van der Waals surface area (Å²) in [5.41, 5.74) is 6.60. The fourth-order valence-electron chi connectivity index (χ4n) is 1.33. The molecule has 0 aliphatic rings. The zero-order valence-corrected chi connectivity index (χ0v) is 10.2. The highest BCUT2D eigenvalue weighted by Gasteiger charge is 2.11. The van der Waals surface area contributed by atoms with Gasteiger partial charge in [0.25, 0.3) is 5.19 Å². The molecule has 1 heterocycles. The maximum atomic E-state index is 11.4. The first-order valence-electron chi connectivity index (χ1n) is 4.94. The van der Waals surface area contributed by atoms with Crippen LogP contribution in [0.25, 0.3) is 0 Å². The van der Waals surface area contributed by atoms with Gasteiger partial charge >= 0.3 is 0 Å². The van der Waals surface area contributed by atoms with Gasteiger partial charge in [0.05, 0.1) is 5.56 Å². The normalized spacial score (nSPS) is 10.2. The second-order valence-electron chi connectivity index (χ2n) is 3.50. The van der Waals surface area contributed by atoms with Gasteiger partial charge in [-0.25, -0.2) is 0 Å². The number of aryl methyl sites for hydroxylation is 1. The lowest BCUT2D eigenvalue weighted by Crippen LogP contribution is -1.98. The number of hydrogen-bond acceptors (Lipinski definition) is 6. The number of benzene rings is 1. The van der Waals surface area contributed by atoms with E-state index in [9.17, 15) is 4.79 Å². The Morgan fingerprint density at radius 3 is 2.76 bits per heavy atom. The van der Waals surface area contributed by atoms with Gasteiger partial charge in [0.15, 0.2) is 5.78 Å². The Bertz CT molecular complexity index is 566. The third-order valence-corrected chi connectivity index (χ3v) is 2.80. The van der Waals surface area contributed by atoms with Gasteiger partial charge in [-0.1, -0.05) is 16.4 Å². The smallest absolute Gasteiger partial charge is 0.299 e. The zero-order valence-electron chi connectivity index (χ0n) is 9.43. The van der Waals surface area contributed by atoms with Crippen LogP contribution < -0.4 is 10.5 Å². The van der Waals surface area contributed by atoms with Crippen molar-refractivity contribution in [2.75, 3.05) is 5.73 Å². The molecular formula is C11H11N3O2S. The molecule has 0 bridgehead atoms. The molecule has 0 saturated carbocycles. The Labute approximate surface area is 102 Å². The lowest BCUT2D eigenvalue weighted by atomic mass is 10.1. The van der Waals surface area contributed by atoms with Crippen molar-refractivity contribution in [3.05, 3.63) is 28.8 Å². The first-order valence-corrected chi connectivity index (χ1v) is 5.76. The summed E-state index contributed by atoms with van der Waals surface area (Å²) in [6, 6.07) is 4.92. The SMILES string of the molecule is CC(=O)c1cc(N)ccc1Oc1nnc(C)s1. The molecule has 2 aromatic rings. The van der Waals surface area contributed by atoms with Crippen LogP contribution in [0, 0.1) is 6.92 Å². The summed E-state index contributed by atoms with van der Waals surface area (Å²) < 4.78 is 5.52. The minimum Gasteiger partial charge on any atom is -0.429 e. The van der Waals surface area contributed by atoms with Crippen LogP contribution >= 0.6 is 11.3 Å². The molecule has 0 radical (unpaired) electrons. The number of hydrogen-bond donors (Lipinski definition) is 1. The number of aromatic nitrogens is 2. The molecule has 0 unspecified atom stereocenters. The molecule has 88 valence electrons. The number of ketones is 1. The van der Waals surface area contributed by atoms with Crippen LogP contribution in [0.15, 0.2) is 18.2 Å². The van der Waals surface area contributed by atoms with Gasteiger partial charge in [0, 0.05) is 5.69 Å². The van der Waals surface area contributed by atoms with Crippen LogP contribution in [-0.2, 0) is 0 Å². The number of Topliss-reactive ketones (excluding diaryl/α,β-unsaturated/α-hetero) is 1. The van der Waals surface area contributed by atoms with Crippen LogP contribution in [0.2, 0.25) is 0 Å². The molecule has 1 aromatic carbocycles. The molecule has 6 heteroatoms. The topological polar surface area (TPSA) is 78.1 Å². The fourth-order valence-corrected chi connectivity index (χ4v) is 1.87. The Morgan fingerprint density at radius 2 is 2.18 bits per heavy atom. The van der Waals surface area contributed by atoms with E-state index in [1.54, 1.807) is 18.2 Å². The largest absolute Gasteiger partial charge is 0.429 e. The third kappa shape index (κ3) is 2.59. The molecule has 0 aliphatic heterocycles. The summed E-state index contributed by atoms with van der Waals surface area (Å²) in [5.74, 6) is 0.344. The average molecular weight is 249 g/mol. The van der Waals surface area contributed by atoms with Gasteiger partial charge < -0.3 is 10.5 Å². The van der Waals surface area contributed by atoms with E-state index < -0.39 is 0 Å². The Morgan fingerprint density at radius 1 is 1.41 bits per heavy atom. The molecule has 0 amide bonds. The molecule has 17 heavy (non-hydrogen) atoms. The summed E-state index contributed by atoms with van der Waals surface area (Å²) >= 11 is 1.32. The highest BCUT2D eigenvalue weighted by molar-refractivity contribution is 7.13. The van der Waals surface area contributed by atoms with Gasteiger partial charge in [0.1, 0.15) is 10.8 Å². The van der Waals surface area contributed by atoms with Crippen LogP contribution in [0.3, 0.4) is 0 Å². The van der Waals surface area contributed by atoms with Crippen molar-refractivity contribution in [3.8, 4) is 10.9 Å². The molecule has 2 rings (SSSR count). The van der Waals surface area contributed by atoms with E-state index in [0.29, 0.717) is 22.2 Å². The Kier molecular flexibility index (Phi) is 3.06. The van der Waals surface area contributed by atoms with E-state index >= 15 is 0 Å². The van der Waals surface area contributed by atoms with Crippen LogP contribution in [0.1, 0.15) is 22.3 Å². The van der Waals surface area contributed by atoms with Crippen LogP contribution in [0.5, 0.6) is 10.9 Å². The molecule has 5 nitrogen and oxygen atoms in total. The average Bonchev–Trinajstić information content (AvgIpc) is 2.66. The summed E-state index contributed by atoms with van der Waals surface area (Å²) in [6.07, 6.45) is 0. The summed E-state index contributed by atoms with van der Waals surface area (Å²) in [7, 11) is 0. The third-order valence-electron chi connectivity index (χ3n) is 2.09. The first-order chi connectivity index (χ1) is 8.06. The van der Waals surface area contributed by atoms with Crippen molar-refractivity contribution in [2.45, 2.75) is 13.8 Å². The number of nitrogens with zero attached hydrogens (tertiary/aromatic N) is 2. The second kappa shape index (κ2) is 4.50. The minimum atomic E-state index is -0.103. The molecular weight excluding hydrogens is 238 g/mol. The highest BCUT2D eigenvalue weighted by atomic mass is 32.1. The molecule has 0 atom stereocenters. The van der Waals surface area contributed by atoms with Crippen LogP contribution in [-0.4, -0.2) is 16.0 Å². The standard InChI is InChI=1S/C11H11N3O2S/c1-6(15)9-5-8(12)3-4-10(9)16-11-14-13-7(2)17-11/h3-5H,12H2,1-2H3. The number of nitrogen functional groups attached to an aromatic ring is 1. The monoisotopic (exact) mass is 249 g/mol. The number of carbonyl (C=O) groups is 1. The van der Waals surface area contributed by atoms with Gasteiger partial charge in [-0.2, -0.15) is 0 Å². The van der Waals surface area contributed by atoms with Crippen molar-refractivity contribution < 1.29 is 9.53 Å². The number of carbonyl (C=O) groups excluding carboxylic acids is 1. The maximum Gasteiger partial charge on any atom is 0.299 e. The van der Waals surface area contributed by atoms with Crippen molar-refractivity contribution in [1.82, 2.24) is 10.2 Å². The fraction of sp³-hybridized carbons (Fsp3) is 0.182. The van der Waals surface area contributed by atoms with Gasteiger partial charge in [-0.3, -0.25) is 4.79 Å². The van der Waals surface area contributed by atoms with Crippen molar-refractivity contribution in [2.24, 2.45) is 0 Å². The molecule has 0 aliphatic carbocycles. The van der Waals surface area contributed by atoms with E-state index in [1.807, 2.05) is 6.92 Å². The molecule has 0 spiro atoms. The van der Waals surface area contributed by atoms with E-state index in [4.69, 9.17) is 10.5 Å². The lowest BCUT2D eigenvalue weighted by molar-refractivity contribution is 0.101. The predicted octanol–water partition coefficient (Wildman–Crippen LogP) is 2.42. The summed E-state index contributed by atoms with van der Waals surface area (Å²) in [6.45, 7) is 3.30. The molecule has 1 aromatic heterocycles. The second-order valence-corrected chi connectivity index (χ2v) is 4.65. The van der Waals surface area contributed by atoms with Gasteiger partial charge in [-0.05, 0) is 32.0 Å². The number of anilines is 1. The van der Waals surface area contributed by atoms with Crippen molar-refractivity contribution in [1.29, 1.82) is 0 Å². The van der Waals surface area contributed by atoms with Crippen molar-refractivity contribution >= 4 is 22.8 Å². The van der Waals surface area contributed by atoms with Gasteiger partial charge in [-0.15, -0.1) is 5.10 Å². The predicted molar refractivity (Wildman–Crippen MR) is 65.6 cm³/mol. The summed E-state index contributed by atoms with van der Waals surface area (Å²) in [4.78, 5) is 11.4. The zero-order chi connectivity index (χ0) is 12.4. The van der Waals surface area contributed by atoms with E-state index in [-0.39, 0.29) is 5.78 Å².